The molecular formula is C10H14N2O. The van der Waals surface area contributed by atoms with Crippen molar-refractivity contribution in [1.82, 2.24) is 10.3 Å². The number of hydrogen-bond acceptors (Lipinski definition) is 3. The summed E-state index contributed by atoms with van der Waals surface area (Å²) in [5.41, 5.74) is 1.17. The fraction of sp³-hybridized carbons (Fsp3) is 0.500. The van der Waals surface area contributed by atoms with Crippen LogP contribution >= 0.6 is 0 Å². The van der Waals surface area contributed by atoms with E-state index in [0.717, 1.165) is 13.0 Å². The van der Waals surface area contributed by atoms with Crippen molar-refractivity contribution in [2.24, 2.45) is 0 Å². The zero-order valence-corrected chi connectivity index (χ0v) is 7.73. The summed E-state index contributed by atoms with van der Waals surface area (Å²) in [7, 11) is 1.97. The number of aromatic nitrogens is 1. The Morgan fingerprint density at radius 1 is 1.62 bits per heavy atom. The normalized spacial score (nSPS) is 27.8. The fourth-order valence-corrected chi connectivity index (χ4v) is 1.76. The molecule has 1 saturated heterocycles. The van der Waals surface area contributed by atoms with Crippen molar-refractivity contribution in [1.29, 1.82) is 0 Å². The molecule has 70 valence electrons. The van der Waals surface area contributed by atoms with E-state index < -0.39 is 0 Å². The van der Waals surface area contributed by atoms with Gasteiger partial charge in [-0.1, -0.05) is 6.07 Å². The molecule has 0 aromatic carbocycles. The molecule has 0 bridgehead atoms. The summed E-state index contributed by atoms with van der Waals surface area (Å²) < 4.78 is 5.64. The van der Waals surface area contributed by atoms with Gasteiger partial charge in [-0.25, -0.2) is 0 Å². The van der Waals surface area contributed by atoms with Crippen LogP contribution in [0, 0.1) is 0 Å². The summed E-state index contributed by atoms with van der Waals surface area (Å²) in [6.45, 7) is 0.838. The summed E-state index contributed by atoms with van der Waals surface area (Å²) in [5, 5.41) is 3.26. The molecule has 0 spiro atoms. The Hall–Kier alpha value is -0.930. The van der Waals surface area contributed by atoms with Gasteiger partial charge in [-0.2, -0.15) is 0 Å². The Bertz CT molecular complexity index is 263. The number of pyridine rings is 1. The molecule has 1 fully saturated rings. The van der Waals surface area contributed by atoms with Crippen LogP contribution in [0.3, 0.4) is 0 Å². The summed E-state index contributed by atoms with van der Waals surface area (Å²) in [4.78, 5) is 4.09. The molecule has 2 heterocycles. The van der Waals surface area contributed by atoms with E-state index in [2.05, 4.69) is 16.4 Å². The first kappa shape index (κ1) is 8.66. The van der Waals surface area contributed by atoms with E-state index in [1.54, 1.807) is 6.20 Å². The molecule has 2 rings (SSSR count). The van der Waals surface area contributed by atoms with Crippen LogP contribution in [0.15, 0.2) is 24.5 Å². The Morgan fingerprint density at radius 2 is 2.54 bits per heavy atom. The van der Waals surface area contributed by atoms with Crippen LogP contribution in [0.1, 0.15) is 18.1 Å². The van der Waals surface area contributed by atoms with Crippen molar-refractivity contribution in [3.8, 4) is 0 Å². The number of rotatable bonds is 2. The molecule has 3 heteroatoms. The molecule has 0 amide bonds. The summed E-state index contributed by atoms with van der Waals surface area (Å²) in [5.74, 6) is 0. The third-order valence-electron chi connectivity index (χ3n) is 2.48. The number of likely N-dealkylation sites (N-methyl/N-ethyl adjacent to an activating group) is 1. The molecule has 0 radical (unpaired) electrons. The van der Waals surface area contributed by atoms with Gasteiger partial charge in [-0.05, 0) is 19.5 Å². The molecule has 1 aromatic heterocycles. The molecule has 2 atom stereocenters. The first-order valence-electron chi connectivity index (χ1n) is 4.60. The standard InChI is InChI=1S/C10H14N2O/c1-11-9-4-6-13-10(9)8-3-2-5-12-7-8/h2-3,5,7,9-11H,4,6H2,1H3/t9-,10-/m1/s1. The van der Waals surface area contributed by atoms with Crippen LogP contribution in [0.2, 0.25) is 0 Å². The summed E-state index contributed by atoms with van der Waals surface area (Å²) in [6.07, 6.45) is 4.92. The van der Waals surface area contributed by atoms with E-state index in [0.29, 0.717) is 6.04 Å². The first-order valence-corrected chi connectivity index (χ1v) is 4.60. The highest BCUT2D eigenvalue weighted by Gasteiger charge is 2.27. The minimum atomic E-state index is 0.179. The third kappa shape index (κ3) is 1.71. The van der Waals surface area contributed by atoms with E-state index in [1.165, 1.54) is 5.56 Å². The van der Waals surface area contributed by atoms with Crippen molar-refractivity contribution < 1.29 is 4.74 Å². The molecule has 1 aliphatic heterocycles. The van der Waals surface area contributed by atoms with Gasteiger partial charge in [0, 0.05) is 30.6 Å². The summed E-state index contributed by atoms with van der Waals surface area (Å²) >= 11 is 0. The molecule has 1 N–H and O–H groups in total. The first-order chi connectivity index (χ1) is 6.42. The van der Waals surface area contributed by atoms with Crippen LogP contribution in [-0.2, 0) is 4.74 Å². The van der Waals surface area contributed by atoms with Gasteiger partial charge in [-0.15, -0.1) is 0 Å². The van der Waals surface area contributed by atoms with Gasteiger partial charge in [0.15, 0.2) is 0 Å². The molecule has 3 nitrogen and oxygen atoms in total. The van der Waals surface area contributed by atoms with E-state index in [9.17, 15) is 0 Å². The van der Waals surface area contributed by atoms with Gasteiger partial charge in [0.1, 0.15) is 0 Å². The lowest BCUT2D eigenvalue weighted by atomic mass is 10.0. The zero-order valence-electron chi connectivity index (χ0n) is 7.73. The molecule has 1 aromatic rings. The third-order valence-corrected chi connectivity index (χ3v) is 2.48. The maximum absolute atomic E-state index is 5.64. The number of ether oxygens (including phenoxy) is 1. The fourth-order valence-electron chi connectivity index (χ4n) is 1.76. The zero-order chi connectivity index (χ0) is 9.10. The van der Waals surface area contributed by atoms with Crippen molar-refractivity contribution in [3.05, 3.63) is 30.1 Å². The highest BCUT2D eigenvalue weighted by molar-refractivity contribution is 5.15. The van der Waals surface area contributed by atoms with Gasteiger partial charge < -0.3 is 10.1 Å². The Kier molecular flexibility index (Phi) is 2.57. The largest absolute Gasteiger partial charge is 0.372 e. The second kappa shape index (κ2) is 3.85. The van der Waals surface area contributed by atoms with Crippen LogP contribution in [0.5, 0.6) is 0 Å². The van der Waals surface area contributed by atoms with Gasteiger partial charge in [0.2, 0.25) is 0 Å². The lowest BCUT2D eigenvalue weighted by Gasteiger charge is -2.17. The minimum absolute atomic E-state index is 0.179. The molecule has 0 aliphatic carbocycles. The molecule has 0 saturated carbocycles. The highest BCUT2D eigenvalue weighted by atomic mass is 16.5. The maximum Gasteiger partial charge on any atom is 0.0993 e. The molecule has 13 heavy (non-hydrogen) atoms. The number of hydrogen-bond donors (Lipinski definition) is 1. The Balaban J connectivity index is 2.16. The van der Waals surface area contributed by atoms with Crippen molar-refractivity contribution in [2.75, 3.05) is 13.7 Å². The van der Waals surface area contributed by atoms with Gasteiger partial charge in [0.05, 0.1) is 6.10 Å². The molecular weight excluding hydrogens is 164 g/mol. The van der Waals surface area contributed by atoms with E-state index in [1.807, 2.05) is 19.3 Å². The second-order valence-electron chi connectivity index (χ2n) is 3.26. The van der Waals surface area contributed by atoms with Gasteiger partial charge in [0.25, 0.3) is 0 Å². The van der Waals surface area contributed by atoms with E-state index in [-0.39, 0.29) is 6.10 Å². The van der Waals surface area contributed by atoms with Gasteiger partial charge >= 0.3 is 0 Å². The predicted molar refractivity (Wildman–Crippen MR) is 50.4 cm³/mol. The maximum atomic E-state index is 5.64. The topological polar surface area (TPSA) is 34.1 Å². The van der Waals surface area contributed by atoms with E-state index >= 15 is 0 Å². The average Bonchev–Trinajstić information content (AvgIpc) is 2.67. The predicted octanol–water partition coefficient (Wildman–Crippen LogP) is 1.13. The van der Waals surface area contributed by atoms with Crippen molar-refractivity contribution in [3.63, 3.8) is 0 Å². The average molecular weight is 178 g/mol. The second-order valence-corrected chi connectivity index (χ2v) is 3.26. The summed E-state index contributed by atoms with van der Waals surface area (Å²) in [6, 6.07) is 4.45. The van der Waals surface area contributed by atoms with Crippen LogP contribution < -0.4 is 5.32 Å². The van der Waals surface area contributed by atoms with Crippen LogP contribution in [-0.4, -0.2) is 24.7 Å². The molecule has 0 unspecified atom stereocenters. The lowest BCUT2D eigenvalue weighted by molar-refractivity contribution is 0.0999. The van der Waals surface area contributed by atoms with Crippen molar-refractivity contribution in [2.45, 2.75) is 18.6 Å². The van der Waals surface area contributed by atoms with Crippen LogP contribution in [0.25, 0.3) is 0 Å². The van der Waals surface area contributed by atoms with E-state index in [4.69, 9.17) is 4.74 Å². The van der Waals surface area contributed by atoms with Crippen LogP contribution in [0.4, 0.5) is 0 Å². The molecule has 1 aliphatic rings. The van der Waals surface area contributed by atoms with Gasteiger partial charge in [-0.3, -0.25) is 4.98 Å². The smallest absolute Gasteiger partial charge is 0.0993 e. The Labute approximate surface area is 78.1 Å². The number of nitrogens with zero attached hydrogens (tertiary/aromatic N) is 1. The highest BCUT2D eigenvalue weighted by Crippen LogP contribution is 2.27. The minimum Gasteiger partial charge on any atom is -0.372 e. The SMILES string of the molecule is CN[C@@H]1CCO[C@@H]1c1cccnc1. The monoisotopic (exact) mass is 178 g/mol. The van der Waals surface area contributed by atoms with Crippen molar-refractivity contribution >= 4 is 0 Å². The quantitative estimate of drug-likeness (QED) is 0.737. The number of nitrogens with one attached hydrogen (secondary N) is 1. The lowest BCUT2D eigenvalue weighted by Crippen LogP contribution is -2.28. The Morgan fingerprint density at radius 3 is 3.23 bits per heavy atom.